The molecule has 154 valence electrons. The number of benzene rings is 1. The van der Waals surface area contributed by atoms with Gasteiger partial charge in [0.25, 0.3) is 0 Å². The average molecular weight is 409 g/mol. The minimum absolute atomic E-state index is 0.0223. The Morgan fingerprint density at radius 1 is 1.07 bits per heavy atom. The number of urea groups is 1. The lowest BCUT2D eigenvalue weighted by atomic mass is 9.97. The van der Waals surface area contributed by atoms with E-state index in [9.17, 15) is 18.0 Å². The largest absolute Gasteiger partial charge is 0.326 e. The van der Waals surface area contributed by atoms with E-state index < -0.39 is 10.0 Å². The highest BCUT2D eigenvalue weighted by Crippen LogP contribution is 2.23. The van der Waals surface area contributed by atoms with E-state index in [2.05, 4.69) is 5.32 Å². The number of nitrogens with zero attached hydrogens (tertiary/aromatic N) is 3. The molecule has 8 nitrogen and oxygen atoms in total. The molecule has 0 aromatic heterocycles. The van der Waals surface area contributed by atoms with Crippen molar-refractivity contribution in [1.82, 2.24) is 14.1 Å². The number of hydrogen-bond donors (Lipinski definition) is 1. The van der Waals surface area contributed by atoms with Crippen LogP contribution in [0.5, 0.6) is 0 Å². The van der Waals surface area contributed by atoms with E-state index in [-0.39, 0.29) is 22.8 Å². The number of likely N-dealkylation sites (tertiary alicyclic amines) is 2. The summed E-state index contributed by atoms with van der Waals surface area (Å²) >= 11 is 0. The van der Waals surface area contributed by atoms with Crippen molar-refractivity contribution in [3.63, 3.8) is 0 Å². The van der Waals surface area contributed by atoms with Crippen LogP contribution in [0.1, 0.15) is 25.7 Å². The third-order valence-electron chi connectivity index (χ3n) is 5.32. The standard InChI is InChI=1S/C19H28N4O4S/c1-21(2)28(26,27)17-9-5-8-16(13-17)20-18(24)15-7-6-12-23(14-15)19(25)22-10-3-4-11-22/h5,8-9,13,15H,3-4,6-7,10-12,14H2,1-2H3,(H,20,24). The summed E-state index contributed by atoms with van der Waals surface area (Å²) in [5.41, 5.74) is 0.441. The normalized spacial score (nSPS) is 20.5. The first kappa shape index (κ1) is 20.6. The fraction of sp³-hybridized carbons (Fsp3) is 0.579. The number of hydrogen-bond acceptors (Lipinski definition) is 4. The van der Waals surface area contributed by atoms with Crippen molar-refractivity contribution in [3.05, 3.63) is 24.3 Å². The molecule has 0 bridgehead atoms. The Kier molecular flexibility index (Phi) is 6.24. The maximum Gasteiger partial charge on any atom is 0.320 e. The van der Waals surface area contributed by atoms with Crippen LogP contribution in [0.15, 0.2) is 29.2 Å². The predicted molar refractivity (Wildman–Crippen MR) is 106 cm³/mol. The number of carbonyl (C=O) groups excluding carboxylic acids is 2. The molecule has 9 heteroatoms. The molecule has 2 heterocycles. The molecule has 0 aliphatic carbocycles. The molecule has 1 aromatic carbocycles. The Hall–Kier alpha value is -2.13. The van der Waals surface area contributed by atoms with E-state index in [0.717, 1.165) is 36.7 Å². The van der Waals surface area contributed by atoms with E-state index in [1.165, 1.54) is 26.2 Å². The lowest BCUT2D eigenvalue weighted by Gasteiger charge is -2.34. The van der Waals surface area contributed by atoms with Crippen molar-refractivity contribution in [2.24, 2.45) is 5.92 Å². The second-order valence-electron chi connectivity index (χ2n) is 7.57. The maximum absolute atomic E-state index is 12.7. The summed E-state index contributed by atoms with van der Waals surface area (Å²) in [7, 11) is -0.632. The summed E-state index contributed by atoms with van der Waals surface area (Å²) < 4.78 is 25.7. The van der Waals surface area contributed by atoms with Crippen molar-refractivity contribution in [3.8, 4) is 0 Å². The molecule has 0 spiro atoms. The van der Waals surface area contributed by atoms with Gasteiger partial charge in [-0.3, -0.25) is 4.79 Å². The summed E-state index contributed by atoms with van der Waals surface area (Å²) in [5.74, 6) is -0.479. The zero-order chi connectivity index (χ0) is 20.3. The summed E-state index contributed by atoms with van der Waals surface area (Å²) in [6.07, 6.45) is 3.57. The lowest BCUT2D eigenvalue weighted by molar-refractivity contribution is -0.121. The van der Waals surface area contributed by atoms with Gasteiger partial charge in [-0.25, -0.2) is 17.5 Å². The van der Waals surface area contributed by atoms with Gasteiger partial charge in [-0.15, -0.1) is 0 Å². The fourth-order valence-electron chi connectivity index (χ4n) is 3.66. The summed E-state index contributed by atoms with van der Waals surface area (Å²) in [5, 5.41) is 2.82. The smallest absolute Gasteiger partial charge is 0.320 e. The zero-order valence-corrected chi connectivity index (χ0v) is 17.2. The van der Waals surface area contributed by atoms with Crippen molar-refractivity contribution in [2.75, 3.05) is 45.6 Å². The van der Waals surface area contributed by atoms with Crippen LogP contribution in [0.2, 0.25) is 0 Å². The van der Waals surface area contributed by atoms with Crippen molar-refractivity contribution < 1.29 is 18.0 Å². The van der Waals surface area contributed by atoms with Gasteiger partial charge >= 0.3 is 6.03 Å². The van der Waals surface area contributed by atoms with Gasteiger partial charge < -0.3 is 15.1 Å². The third kappa shape index (κ3) is 4.47. The van der Waals surface area contributed by atoms with E-state index in [0.29, 0.717) is 25.2 Å². The van der Waals surface area contributed by atoms with Gasteiger partial charge in [0.2, 0.25) is 15.9 Å². The SMILES string of the molecule is CN(C)S(=O)(=O)c1cccc(NC(=O)C2CCCN(C(=O)N3CCCC3)C2)c1. The Balaban J connectivity index is 1.65. The minimum Gasteiger partial charge on any atom is -0.326 e. The third-order valence-corrected chi connectivity index (χ3v) is 7.13. The molecule has 3 amide bonds. The van der Waals surface area contributed by atoms with Crippen molar-refractivity contribution in [2.45, 2.75) is 30.6 Å². The molecule has 2 fully saturated rings. The first-order valence-electron chi connectivity index (χ1n) is 9.66. The van der Waals surface area contributed by atoms with Crippen LogP contribution in [-0.4, -0.2) is 74.7 Å². The van der Waals surface area contributed by atoms with Crippen LogP contribution in [0.25, 0.3) is 0 Å². The highest BCUT2D eigenvalue weighted by molar-refractivity contribution is 7.89. The molecule has 1 aromatic rings. The first-order valence-corrected chi connectivity index (χ1v) is 11.1. The summed E-state index contributed by atoms with van der Waals surface area (Å²) in [6, 6.07) is 6.26. The van der Waals surface area contributed by atoms with Crippen LogP contribution in [0, 0.1) is 5.92 Å². The quantitative estimate of drug-likeness (QED) is 0.823. The van der Waals surface area contributed by atoms with Crippen molar-refractivity contribution in [1.29, 1.82) is 0 Å². The fourth-order valence-corrected chi connectivity index (χ4v) is 4.61. The number of amides is 3. The highest BCUT2D eigenvalue weighted by Gasteiger charge is 2.31. The topological polar surface area (TPSA) is 90.0 Å². The first-order chi connectivity index (χ1) is 13.3. The highest BCUT2D eigenvalue weighted by atomic mass is 32.2. The maximum atomic E-state index is 12.7. The second-order valence-corrected chi connectivity index (χ2v) is 9.72. The van der Waals surface area contributed by atoms with Gasteiger partial charge in [0.1, 0.15) is 0 Å². The molecule has 2 aliphatic rings. The van der Waals surface area contributed by atoms with E-state index >= 15 is 0 Å². The van der Waals surface area contributed by atoms with Gasteiger partial charge in [-0.2, -0.15) is 0 Å². The van der Waals surface area contributed by atoms with Gasteiger partial charge in [0.15, 0.2) is 0 Å². The molecule has 2 aliphatic heterocycles. The number of anilines is 1. The number of rotatable bonds is 4. The Labute approximate surface area is 166 Å². The van der Waals surface area contributed by atoms with Crippen LogP contribution in [0.3, 0.4) is 0 Å². The molecule has 1 N–H and O–H groups in total. The Bertz CT molecular complexity index is 834. The zero-order valence-electron chi connectivity index (χ0n) is 16.4. The van der Waals surface area contributed by atoms with Crippen LogP contribution in [0.4, 0.5) is 10.5 Å². The monoisotopic (exact) mass is 408 g/mol. The molecule has 0 saturated carbocycles. The molecule has 28 heavy (non-hydrogen) atoms. The van der Waals surface area contributed by atoms with Crippen LogP contribution in [-0.2, 0) is 14.8 Å². The molecular weight excluding hydrogens is 380 g/mol. The van der Waals surface area contributed by atoms with E-state index in [4.69, 9.17) is 0 Å². The molecule has 1 atom stereocenters. The molecule has 2 saturated heterocycles. The Morgan fingerprint density at radius 2 is 1.75 bits per heavy atom. The van der Waals surface area contributed by atoms with Gasteiger partial charge in [0, 0.05) is 46.0 Å². The molecule has 3 rings (SSSR count). The second kappa shape index (κ2) is 8.48. The van der Waals surface area contributed by atoms with Gasteiger partial charge in [-0.1, -0.05) is 6.07 Å². The molecule has 1 unspecified atom stereocenters. The van der Waals surface area contributed by atoms with Crippen LogP contribution < -0.4 is 5.32 Å². The van der Waals surface area contributed by atoms with E-state index in [1.54, 1.807) is 17.0 Å². The average Bonchev–Trinajstić information content (AvgIpc) is 3.22. The summed E-state index contributed by atoms with van der Waals surface area (Å²) in [4.78, 5) is 29.1. The number of nitrogens with one attached hydrogen (secondary N) is 1. The van der Waals surface area contributed by atoms with Gasteiger partial charge in [-0.05, 0) is 43.9 Å². The molecular formula is C19H28N4O4S. The number of sulfonamides is 1. The Morgan fingerprint density at radius 3 is 2.43 bits per heavy atom. The minimum atomic E-state index is -3.57. The van der Waals surface area contributed by atoms with Gasteiger partial charge in [0.05, 0.1) is 10.8 Å². The summed E-state index contributed by atoms with van der Waals surface area (Å²) in [6.45, 7) is 2.66. The van der Waals surface area contributed by atoms with E-state index in [1.807, 2.05) is 4.90 Å². The van der Waals surface area contributed by atoms with Crippen molar-refractivity contribution >= 4 is 27.6 Å². The number of piperidine rings is 1. The number of carbonyl (C=O) groups is 2. The lowest BCUT2D eigenvalue weighted by Crippen LogP contribution is -2.48. The molecule has 0 radical (unpaired) electrons. The predicted octanol–water partition coefficient (Wildman–Crippen LogP) is 1.80. The van der Waals surface area contributed by atoms with Crippen LogP contribution >= 0.6 is 0 Å².